The molecule has 0 unspecified atom stereocenters. The molecule has 0 spiro atoms. The fraction of sp³-hybridized carbons (Fsp3) is 0.739. The molecule has 2 saturated carbocycles. The number of carbonyl (C=O) groups is 2. The zero-order valence-corrected chi connectivity index (χ0v) is 17.8. The molecule has 0 bridgehead atoms. The highest BCUT2D eigenvalue weighted by molar-refractivity contribution is 6.05. The van der Waals surface area contributed by atoms with E-state index in [9.17, 15) is 14.7 Å². The maximum atomic E-state index is 13.0. The predicted octanol–water partition coefficient (Wildman–Crippen LogP) is 3.81. The van der Waals surface area contributed by atoms with Crippen LogP contribution in [0.4, 0.5) is 0 Å². The number of fused-ring (bicyclic) bond motifs is 1. The first-order chi connectivity index (χ1) is 13.0. The Morgan fingerprint density at radius 3 is 2.61 bits per heavy atom. The van der Waals surface area contributed by atoms with Gasteiger partial charge in [-0.3, -0.25) is 4.79 Å². The Bertz CT molecular complexity index is 725. The Kier molecular flexibility index (Phi) is 5.28. The lowest BCUT2D eigenvalue weighted by Crippen LogP contribution is -2.54. The molecular weight excluding hydrogens is 356 g/mol. The van der Waals surface area contributed by atoms with Crippen molar-refractivity contribution in [3.8, 4) is 0 Å². The molecule has 5 nitrogen and oxygen atoms in total. The van der Waals surface area contributed by atoms with Gasteiger partial charge in [0.25, 0.3) is 0 Å². The lowest BCUT2D eigenvalue weighted by atomic mass is 9.45. The quantitative estimate of drug-likeness (QED) is 0.584. The standard InChI is InChI=1S/C23H34O5/c1-14-8-7-9-18-21(14,3)11-10-15(2)22(18,4)12-16-19(24)17(27-5)13-23(16,26)20(25)28-6/h13,15-16,18,26H,1,7-12H2,2-6H3/t15-,16+,18+,21+,22+,23+/m1/s1. The van der Waals surface area contributed by atoms with Crippen LogP contribution in [0.25, 0.3) is 0 Å². The molecule has 0 aromatic heterocycles. The molecule has 6 atom stereocenters. The van der Waals surface area contributed by atoms with Crippen LogP contribution in [0, 0.1) is 28.6 Å². The van der Waals surface area contributed by atoms with Crippen LogP contribution in [0.15, 0.2) is 24.0 Å². The van der Waals surface area contributed by atoms with Gasteiger partial charge in [0.05, 0.1) is 20.1 Å². The Balaban J connectivity index is 2.00. The monoisotopic (exact) mass is 390 g/mol. The van der Waals surface area contributed by atoms with Gasteiger partial charge in [-0.2, -0.15) is 0 Å². The van der Waals surface area contributed by atoms with Crippen molar-refractivity contribution >= 4 is 11.8 Å². The number of hydrogen-bond donors (Lipinski definition) is 1. The summed E-state index contributed by atoms with van der Waals surface area (Å²) >= 11 is 0. The van der Waals surface area contributed by atoms with E-state index in [0.717, 1.165) is 32.1 Å². The molecule has 0 aromatic carbocycles. The predicted molar refractivity (Wildman–Crippen MR) is 106 cm³/mol. The van der Waals surface area contributed by atoms with Crippen LogP contribution in [0.5, 0.6) is 0 Å². The first-order valence-corrected chi connectivity index (χ1v) is 10.3. The van der Waals surface area contributed by atoms with E-state index < -0.39 is 17.5 Å². The van der Waals surface area contributed by atoms with Gasteiger partial charge < -0.3 is 14.6 Å². The molecule has 5 heteroatoms. The second kappa shape index (κ2) is 7.01. The van der Waals surface area contributed by atoms with Gasteiger partial charge in [0, 0.05) is 6.08 Å². The van der Waals surface area contributed by atoms with Gasteiger partial charge in [0.1, 0.15) is 0 Å². The Labute approximate surface area is 168 Å². The van der Waals surface area contributed by atoms with E-state index in [-0.39, 0.29) is 22.4 Å². The summed E-state index contributed by atoms with van der Waals surface area (Å²) in [5.74, 6) is -1.23. The van der Waals surface area contributed by atoms with E-state index in [2.05, 4.69) is 27.4 Å². The average molecular weight is 391 g/mol. The molecule has 0 heterocycles. The molecule has 3 rings (SSSR count). The Morgan fingerprint density at radius 2 is 2.00 bits per heavy atom. The van der Waals surface area contributed by atoms with Crippen molar-refractivity contribution < 1.29 is 24.2 Å². The van der Waals surface area contributed by atoms with E-state index >= 15 is 0 Å². The fourth-order valence-electron chi connectivity index (χ4n) is 6.27. The van der Waals surface area contributed by atoms with Crippen LogP contribution < -0.4 is 0 Å². The topological polar surface area (TPSA) is 72.8 Å². The normalized spacial score (nSPS) is 43.4. The summed E-state index contributed by atoms with van der Waals surface area (Å²) in [6, 6.07) is 0. The van der Waals surface area contributed by atoms with Gasteiger partial charge >= 0.3 is 5.97 Å². The summed E-state index contributed by atoms with van der Waals surface area (Å²) < 4.78 is 10.0. The van der Waals surface area contributed by atoms with Crippen molar-refractivity contribution in [1.82, 2.24) is 0 Å². The molecule has 0 radical (unpaired) electrons. The molecule has 0 aromatic rings. The second-order valence-electron chi connectivity index (χ2n) is 9.56. The highest BCUT2D eigenvalue weighted by Gasteiger charge is 2.60. The molecule has 28 heavy (non-hydrogen) atoms. The van der Waals surface area contributed by atoms with E-state index in [4.69, 9.17) is 9.47 Å². The molecule has 1 N–H and O–H groups in total. The number of rotatable bonds is 4. The average Bonchev–Trinajstić information content (AvgIpc) is 2.91. The van der Waals surface area contributed by atoms with Crippen molar-refractivity contribution in [1.29, 1.82) is 0 Å². The van der Waals surface area contributed by atoms with Crippen LogP contribution in [-0.4, -0.2) is 36.7 Å². The van der Waals surface area contributed by atoms with Crippen LogP contribution in [-0.2, 0) is 19.1 Å². The van der Waals surface area contributed by atoms with E-state index in [0.29, 0.717) is 18.3 Å². The van der Waals surface area contributed by atoms with Gasteiger partial charge in [0.2, 0.25) is 5.78 Å². The summed E-state index contributed by atoms with van der Waals surface area (Å²) in [5.41, 5.74) is -0.824. The minimum Gasteiger partial charge on any atom is -0.493 e. The number of ketones is 1. The molecule has 156 valence electrons. The number of carbonyl (C=O) groups excluding carboxylic acids is 2. The lowest BCUT2D eigenvalue weighted by Gasteiger charge is -2.59. The number of ether oxygens (including phenoxy) is 2. The smallest absolute Gasteiger partial charge is 0.342 e. The van der Waals surface area contributed by atoms with Crippen molar-refractivity contribution in [2.45, 2.75) is 64.9 Å². The van der Waals surface area contributed by atoms with Gasteiger partial charge in [-0.25, -0.2) is 4.79 Å². The maximum Gasteiger partial charge on any atom is 0.342 e. The largest absolute Gasteiger partial charge is 0.493 e. The number of esters is 1. The van der Waals surface area contributed by atoms with Crippen LogP contribution >= 0.6 is 0 Å². The summed E-state index contributed by atoms with van der Waals surface area (Å²) in [6.45, 7) is 11.2. The Hall–Kier alpha value is -1.62. The van der Waals surface area contributed by atoms with Crippen molar-refractivity contribution in [3.63, 3.8) is 0 Å². The van der Waals surface area contributed by atoms with E-state index in [1.165, 1.54) is 25.9 Å². The van der Waals surface area contributed by atoms with Crippen molar-refractivity contribution in [2.75, 3.05) is 14.2 Å². The molecule has 3 aliphatic carbocycles. The number of methoxy groups -OCH3 is 2. The maximum absolute atomic E-state index is 13.0. The van der Waals surface area contributed by atoms with Gasteiger partial charge in [-0.1, -0.05) is 32.9 Å². The molecule has 0 amide bonds. The SMILES string of the molecule is C=C1CCC[C@@H]2[C@@](C)(C[C@H]3C(=O)C(OC)=C[C@@]3(O)C(=O)OC)[C@H](C)CC[C@@]12C. The van der Waals surface area contributed by atoms with Gasteiger partial charge in [-0.15, -0.1) is 0 Å². The highest BCUT2D eigenvalue weighted by atomic mass is 16.5. The number of allylic oxidation sites excluding steroid dienone is 2. The molecule has 0 aliphatic heterocycles. The summed E-state index contributed by atoms with van der Waals surface area (Å²) in [4.78, 5) is 25.5. The first-order valence-electron chi connectivity index (χ1n) is 10.3. The van der Waals surface area contributed by atoms with Gasteiger partial charge in [-0.05, 0) is 61.2 Å². The fourth-order valence-corrected chi connectivity index (χ4v) is 6.27. The minimum atomic E-state index is -1.97. The van der Waals surface area contributed by atoms with Crippen molar-refractivity contribution in [2.24, 2.45) is 28.6 Å². The zero-order chi connectivity index (χ0) is 20.9. The zero-order valence-electron chi connectivity index (χ0n) is 17.8. The molecule has 0 saturated heterocycles. The first kappa shape index (κ1) is 21.1. The number of aliphatic hydroxyl groups is 1. The van der Waals surface area contributed by atoms with E-state index in [1.807, 2.05) is 0 Å². The highest BCUT2D eigenvalue weighted by Crippen LogP contribution is 2.63. The lowest BCUT2D eigenvalue weighted by molar-refractivity contribution is -0.167. The van der Waals surface area contributed by atoms with Crippen molar-refractivity contribution in [3.05, 3.63) is 24.0 Å². The summed E-state index contributed by atoms with van der Waals surface area (Å²) in [6.07, 6.45) is 7.05. The minimum absolute atomic E-state index is 0.0424. The van der Waals surface area contributed by atoms with Crippen LogP contribution in [0.1, 0.15) is 59.3 Å². The van der Waals surface area contributed by atoms with Gasteiger partial charge in [0.15, 0.2) is 11.4 Å². The number of Topliss-reactive ketones (excluding diaryl/α,β-unsaturated/α-hetero) is 1. The van der Waals surface area contributed by atoms with E-state index in [1.54, 1.807) is 0 Å². The molecule has 3 aliphatic rings. The Morgan fingerprint density at radius 1 is 1.32 bits per heavy atom. The molecular formula is C23H34O5. The third-order valence-corrected chi connectivity index (χ3v) is 8.38. The summed E-state index contributed by atoms with van der Waals surface area (Å²) in [5, 5.41) is 11.2. The summed E-state index contributed by atoms with van der Waals surface area (Å²) in [7, 11) is 2.62. The second-order valence-corrected chi connectivity index (χ2v) is 9.56. The molecule has 2 fully saturated rings. The third-order valence-electron chi connectivity index (χ3n) is 8.38. The van der Waals surface area contributed by atoms with Crippen LogP contribution in [0.2, 0.25) is 0 Å². The third kappa shape index (κ3) is 2.85. The number of hydrogen-bond acceptors (Lipinski definition) is 5. The van der Waals surface area contributed by atoms with Crippen LogP contribution in [0.3, 0.4) is 0 Å².